The molecule has 1 amide bonds. The summed E-state index contributed by atoms with van der Waals surface area (Å²) in [5.74, 6) is 0.718. The Balaban J connectivity index is 1.77. The van der Waals surface area contributed by atoms with E-state index < -0.39 is 6.09 Å². The first-order chi connectivity index (χ1) is 8.69. The highest BCUT2D eigenvalue weighted by molar-refractivity contribution is 5.67. The summed E-state index contributed by atoms with van der Waals surface area (Å²) in [4.78, 5) is 24.7. The summed E-state index contributed by atoms with van der Waals surface area (Å²) in [7, 11) is 0. The van der Waals surface area contributed by atoms with E-state index >= 15 is 0 Å². The molecule has 2 saturated heterocycles. The van der Waals surface area contributed by atoms with Crippen LogP contribution in [0, 0.1) is 4.91 Å². The molecule has 1 aromatic rings. The molecule has 3 heterocycles. The fourth-order valence-corrected chi connectivity index (χ4v) is 2.70. The lowest BCUT2D eigenvalue weighted by Gasteiger charge is -2.32. The zero-order valence-electron chi connectivity index (χ0n) is 9.43. The van der Waals surface area contributed by atoms with E-state index in [1.54, 1.807) is 6.07 Å². The molecule has 1 N–H and O–H groups in total. The molecule has 0 spiro atoms. The first kappa shape index (κ1) is 10.9. The number of piperazine rings is 1. The first-order valence-corrected chi connectivity index (χ1v) is 5.62. The van der Waals surface area contributed by atoms with Crippen molar-refractivity contribution in [3.8, 4) is 0 Å². The molecule has 2 fully saturated rings. The Kier molecular flexibility index (Phi) is 2.35. The summed E-state index contributed by atoms with van der Waals surface area (Å²) < 4.78 is 0. The minimum Gasteiger partial charge on any atom is -0.465 e. The SMILES string of the molecule is O=Nc1ccc(N2C[C@@H]3C[C@H]2CN3C(=O)O)nn1. The fourth-order valence-electron chi connectivity index (χ4n) is 2.70. The zero-order chi connectivity index (χ0) is 12.7. The normalized spacial score (nSPS) is 25.6. The first-order valence-electron chi connectivity index (χ1n) is 5.62. The van der Waals surface area contributed by atoms with Gasteiger partial charge in [0.05, 0.1) is 12.1 Å². The van der Waals surface area contributed by atoms with Crippen LogP contribution in [-0.2, 0) is 0 Å². The minimum absolute atomic E-state index is 0.0261. The largest absolute Gasteiger partial charge is 0.465 e. The molecule has 0 aliphatic carbocycles. The van der Waals surface area contributed by atoms with Crippen LogP contribution >= 0.6 is 0 Å². The van der Waals surface area contributed by atoms with Gasteiger partial charge >= 0.3 is 6.09 Å². The highest BCUT2D eigenvalue weighted by Crippen LogP contribution is 2.33. The molecular formula is C10H11N5O3. The lowest BCUT2D eigenvalue weighted by Crippen LogP contribution is -2.48. The average Bonchev–Trinajstić information content (AvgIpc) is 2.98. The van der Waals surface area contributed by atoms with Gasteiger partial charge in [-0.2, -0.15) is 0 Å². The maximum Gasteiger partial charge on any atom is 0.407 e. The van der Waals surface area contributed by atoms with E-state index in [2.05, 4.69) is 15.4 Å². The van der Waals surface area contributed by atoms with Gasteiger partial charge in [-0.15, -0.1) is 15.1 Å². The van der Waals surface area contributed by atoms with Crippen LogP contribution < -0.4 is 4.90 Å². The molecule has 0 unspecified atom stereocenters. The van der Waals surface area contributed by atoms with Crippen molar-refractivity contribution in [3.63, 3.8) is 0 Å². The highest BCUT2D eigenvalue weighted by atomic mass is 16.4. The van der Waals surface area contributed by atoms with E-state index in [0.717, 1.165) is 6.42 Å². The van der Waals surface area contributed by atoms with Crippen LogP contribution in [0.15, 0.2) is 17.3 Å². The molecule has 2 atom stereocenters. The van der Waals surface area contributed by atoms with E-state index in [1.807, 2.05) is 4.90 Å². The number of nitroso groups, excluding NO2 is 1. The van der Waals surface area contributed by atoms with Crippen LogP contribution in [0.4, 0.5) is 16.4 Å². The van der Waals surface area contributed by atoms with Gasteiger partial charge in [-0.25, -0.2) is 4.79 Å². The van der Waals surface area contributed by atoms with E-state index in [9.17, 15) is 9.70 Å². The predicted octanol–water partition coefficient (Wildman–Crippen LogP) is 0.815. The summed E-state index contributed by atoms with van der Waals surface area (Å²) in [6.07, 6.45) is -0.0458. The monoisotopic (exact) mass is 249 g/mol. The Morgan fingerprint density at radius 2 is 2.17 bits per heavy atom. The lowest BCUT2D eigenvalue weighted by molar-refractivity contribution is 0.137. The maximum absolute atomic E-state index is 11.0. The summed E-state index contributed by atoms with van der Waals surface area (Å²) in [5.41, 5.74) is 0. The Hall–Kier alpha value is -2.25. The van der Waals surface area contributed by atoms with E-state index in [0.29, 0.717) is 18.9 Å². The van der Waals surface area contributed by atoms with Crippen molar-refractivity contribution in [2.45, 2.75) is 18.5 Å². The van der Waals surface area contributed by atoms with Crippen molar-refractivity contribution < 1.29 is 9.90 Å². The molecule has 0 radical (unpaired) electrons. The Labute approximate surface area is 102 Å². The highest BCUT2D eigenvalue weighted by Gasteiger charge is 2.45. The third-order valence-corrected chi connectivity index (χ3v) is 3.51. The van der Waals surface area contributed by atoms with Crippen LogP contribution in [0.1, 0.15) is 6.42 Å². The van der Waals surface area contributed by atoms with E-state index in [4.69, 9.17) is 5.11 Å². The number of rotatable bonds is 2. The molecule has 3 rings (SSSR count). The maximum atomic E-state index is 11.0. The van der Waals surface area contributed by atoms with Gasteiger partial charge in [-0.05, 0) is 23.7 Å². The fraction of sp³-hybridized carbons (Fsp3) is 0.500. The van der Waals surface area contributed by atoms with E-state index in [-0.39, 0.29) is 17.9 Å². The zero-order valence-corrected chi connectivity index (χ0v) is 9.43. The van der Waals surface area contributed by atoms with Crippen LogP contribution in [-0.4, -0.2) is 51.5 Å². The number of fused-ring (bicyclic) bond motifs is 2. The van der Waals surface area contributed by atoms with Crippen LogP contribution in [0.25, 0.3) is 0 Å². The quantitative estimate of drug-likeness (QED) is 0.779. The summed E-state index contributed by atoms with van der Waals surface area (Å²) >= 11 is 0. The van der Waals surface area contributed by atoms with Gasteiger partial charge in [0.2, 0.25) is 5.82 Å². The number of likely N-dealkylation sites (tertiary alicyclic amines) is 1. The van der Waals surface area contributed by atoms with Crippen LogP contribution in [0.3, 0.4) is 0 Å². The number of carbonyl (C=O) groups is 1. The van der Waals surface area contributed by atoms with E-state index in [1.165, 1.54) is 11.0 Å². The van der Waals surface area contributed by atoms with Crippen molar-refractivity contribution in [1.29, 1.82) is 0 Å². The van der Waals surface area contributed by atoms with Crippen LogP contribution in [0.5, 0.6) is 0 Å². The van der Waals surface area contributed by atoms with Crippen molar-refractivity contribution in [3.05, 3.63) is 17.0 Å². The molecule has 8 heteroatoms. The van der Waals surface area contributed by atoms with Crippen molar-refractivity contribution in [2.75, 3.05) is 18.0 Å². The molecule has 2 aliphatic heterocycles. The number of hydrogen-bond acceptors (Lipinski definition) is 6. The third kappa shape index (κ3) is 1.57. The number of anilines is 1. The van der Waals surface area contributed by atoms with Crippen LogP contribution in [0.2, 0.25) is 0 Å². The standard InChI is InChI=1S/C10H11N5O3/c16-10(17)15-5-6-3-7(15)4-14(6)9-2-1-8(13-18)11-12-9/h1-2,6-7H,3-5H2,(H,16,17)/t6-,7-/m0/s1. The molecule has 94 valence electrons. The Morgan fingerprint density at radius 3 is 2.67 bits per heavy atom. The van der Waals surface area contributed by atoms with Crippen molar-refractivity contribution >= 4 is 17.7 Å². The van der Waals surface area contributed by atoms with Gasteiger partial charge in [0.25, 0.3) is 0 Å². The van der Waals surface area contributed by atoms with Gasteiger partial charge in [0, 0.05) is 13.1 Å². The number of amides is 1. The molecule has 18 heavy (non-hydrogen) atoms. The topological polar surface area (TPSA) is 99.0 Å². The second-order valence-electron chi connectivity index (χ2n) is 4.47. The van der Waals surface area contributed by atoms with Gasteiger partial charge in [0.1, 0.15) is 0 Å². The molecule has 2 aliphatic rings. The van der Waals surface area contributed by atoms with Crippen molar-refractivity contribution in [1.82, 2.24) is 15.1 Å². The Bertz CT molecular complexity index is 491. The van der Waals surface area contributed by atoms with Gasteiger partial charge < -0.3 is 14.9 Å². The number of aromatic nitrogens is 2. The molecule has 0 saturated carbocycles. The van der Waals surface area contributed by atoms with Crippen molar-refractivity contribution in [2.24, 2.45) is 5.18 Å². The summed E-state index contributed by atoms with van der Waals surface area (Å²) in [6, 6.07) is 3.37. The second-order valence-corrected chi connectivity index (χ2v) is 4.47. The number of carboxylic acid groups (broad SMARTS) is 1. The van der Waals surface area contributed by atoms with Gasteiger partial charge in [-0.3, -0.25) is 0 Å². The minimum atomic E-state index is -0.867. The third-order valence-electron chi connectivity index (χ3n) is 3.51. The van der Waals surface area contributed by atoms with Gasteiger partial charge in [-0.1, -0.05) is 0 Å². The molecule has 2 bridgehead atoms. The summed E-state index contributed by atoms with van der Waals surface area (Å²) in [6.45, 7) is 1.12. The average molecular weight is 249 g/mol. The molecular weight excluding hydrogens is 238 g/mol. The lowest BCUT2D eigenvalue weighted by atomic mass is 10.2. The summed E-state index contributed by atoms with van der Waals surface area (Å²) in [5, 5.41) is 19.3. The predicted molar refractivity (Wildman–Crippen MR) is 61.8 cm³/mol. The second kappa shape index (κ2) is 3.90. The smallest absolute Gasteiger partial charge is 0.407 e. The molecule has 8 nitrogen and oxygen atoms in total. The number of hydrogen-bond donors (Lipinski definition) is 1. The van der Waals surface area contributed by atoms with Gasteiger partial charge in [0.15, 0.2) is 5.82 Å². The Morgan fingerprint density at radius 1 is 1.33 bits per heavy atom. The number of nitrogens with zero attached hydrogens (tertiary/aromatic N) is 5. The molecule has 1 aromatic heterocycles. The molecule has 0 aromatic carbocycles.